The minimum absolute atomic E-state index is 0.650. The van der Waals surface area contributed by atoms with Gasteiger partial charge in [0.05, 0.1) is 0 Å². The van der Waals surface area contributed by atoms with Gasteiger partial charge in [-0.2, -0.15) is 0 Å². The monoisotopic (exact) mass is 330 g/mol. The van der Waals surface area contributed by atoms with E-state index in [2.05, 4.69) is 58.4 Å². The molecule has 1 aliphatic rings. The molecular formula is C14H23BrN2S. The number of likely N-dealkylation sites (tertiary alicyclic amines) is 1. The molecule has 2 nitrogen and oxygen atoms in total. The van der Waals surface area contributed by atoms with Crippen LogP contribution in [-0.2, 0) is 6.54 Å². The molecular weight excluding hydrogens is 308 g/mol. The summed E-state index contributed by atoms with van der Waals surface area (Å²) in [5, 5.41) is 5.79. The molecule has 18 heavy (non-hydrogen) atoms. The molecule has 2 heterocycles. The molecule has 0 amide bonds. The van der Waals surface area contributed by atoms with Gasteiger partial charge in [0, 0.05) is 34.5 Å². The third-order valence-electron chi connectivity index (χ3n) is 4.20. The molecule has 1 aromatic rings. The van der Waals surface area contributed by atoms with Crippen molar-refractivity contribution in [2.45, 2.75) is 45.8 Å². The Morgan fingerprint density at radius 1 is 1.50 bits per heavy atom. The van der Waals surface area contributed by atoms with Gasteiger partial charge in [-0.15, -0.1) is 11.3 Å². The van der Waals surface area contributed by atoms with Crippen molar-refractivity contribution in [3.63, 3.8) is 0 Å². The van der Waals surface area contributed by atoms with Crippen LogP contribution in [-0.4, -0.2) is 30.1 Å². The molecule has 0 saturated carbocycles. The fourth-order valence-electron chi connectivity index (χ4n) is 2.84. The van der Waals surface area contributed by atoms with Crippen molar-refractivity contribution < 1.29 is 0 Å². The molecule has 0 aliphatic carbocycles. The molecule has 4 heteroatoms. The van der Waals surface area contributed by atoms with E-state index in [1.54, 1.807) is 0 Å². The predicted molar refractivity (Wildman–Crippen MR) is 83.1 cm³/mol. The first kappa shape index (κ1) is 14.5. The number of nitrogens with zero attached hydrogens (tertiary/aromatic N) is 1. The first-order valence-electron chi connectivity index (χ1n) is 6.82. The zero-order valence-electron chi connectivity index (χ0n) is 11.4. The zero-order valence-corrected chi connectivity index (χ0v) is 13.9. The number of nitrogens with one attached hydrogen (secondary N) is 1. The maximum absolute atomic E-state index is 3.64. The number of halogens is 1. The smallest absolute Gasteiger partial charge is 0.0342 e. The van der Waals surface area contributed by atoms with Crippen LogP contribution in [0.5, 0.6) is 0 Å². The zero-order chi connectivity index (χ0) is 13.1. The summed E-state index contributed by atoms with van der Waals surface area (Å²) in [5.41, 5.74) is 0. The normalized spacial score (nSPS) is 29.7. The predicted octanol–water partition coefficient (Wildman–Crippen LogP) is 3.72. The van der Waals surface area contributed by atoms with Gasteiger partial charge in [-0.1, -0.05) is 13.8 Å². The van der Waals surface area contributed by atoms with Crippen molar-refractivity contribution in [1.82, 2.24) is 10.2 Å². The van der Waals surface area contributed by atoms with Gasteiger partial charge in [-0.05, 0) is 53.2 Å². The first-order chi connectivity index (χ1) is 8.63. The van der Waals surface area contributed by atoms with E-state index in [1.807, 2.05) is 11.3 Å². The fourth-order valence-corrected chi connectivity index (χ4v) is 4.34. The summed E-state index contributed by atoms with van der Waals surface area (Å²) in [6, 6.07) is 3.49. The maximum atomic E-state index is 3.64. The van der Waals surface area contributed by atoms with Gasteiger partial charge >= 0.3 is 0 Å². The Bertz CT molecular complexity index is 380. The number of rotatable bonds is 4. The lowest BCUT2D eigenvalue weighted by Crippen LogP contribution is -2.52. The summed E-state index contributed by atoms with van der Waals surface area (Å²) in [4.78, 5) is 4.07. The summed E-state index contributed by atoms with van der Waals surface area (Å²) >= 11 is 5.49. The molecule has 1 saturated heterocycles. The largest absolute Gasteiger partial charge is 0.314 e. The summed E-state index contributed by atoms with van der Waals surface area (Å²) in [6.45, 7) is 10.3. The molecule has 2 rings (SSSR count). The van der Waals surface area contributed by atoms with E-state index in [0.717, 1.165) is 19.0 Å². The van der Waals surface area contributed by atoms with Crippen molar-refractivity contribution in [1.29, 1.82) is 0 Å². The molecule has 0 bridgehead atoms. The Kier molecular flexibility index (Phi) is 5.24. The topological polar surface area (TPSA) is 15.3 Å². The van der Waals surface area contributed by atoms with Crippen molar-refractivity contribution >= 4 is 27.3 Å². The number of piperidine rings is 1. The van der Waals surface area contributed by atoms with Gasteiger partial charge in [-0.3, -0.25) is 4.90 Å². The van der Waals surface area contributed by atoms with E-state index in [0.29, 0.717) is 12.1 Å². The van der Waals surface area contributed by atoms with Crippen molar-refractivity contribution in [3.05, 3.63) is 20.8 Å². The summed E-state index contributed by atoms with van der Waals surface area (Å²) < 4.78 is 1.26. The highest BCUT2D eigenvalue weighted by Crippen LogP contribution is 2.29. The molecule has 0 spiro atoms. The lowest BCUT2D eigenvalue weighted by Gasteiger charge is -2.43. The van der Waals surface area contributed by atoms with Crippen LogP contribution in [0, 0.1) is 5.92 Å². The minimum atomic E-state index is 0.650. The molecule has 1 N–H and O–H groups in total. The lowest BCUT2D eigenvalue weighted by molar-refractivity contribution is 0.0798. The molecule has 102 valence electrons. The summed E-state index contributed by atoms with van der Waals surface area (Å²) in [5.74, 6) is 0.720. The Hall–Kier alpha value is 0.100. The standard InChI is InChI=1S/C14H23BrN2S/c1-4-16-13-5-7-17(11(3)10(13)2)9-14-12(15)6-8-18-14/h6,8,10-11,13,16H,4-5,7,9H2,1-3H3. The van der Waals surface area contributed by atoms with E-state index in [4.69, 9.17) is 0 Å². The highest BCUT2D eigenvalue weighted by Gasteiger charge is 2.31. The van der Waals surface area contributed by atoms with E-state index in [9.17, 15) is 0 Å². The average Bonchev–Trinajstić information content (AvgIpc) is 2.75. The number of thiophene rings is 1. The van der Waals surface area contributed by atoms with Crippen molar-refractivity contribution in [3.8, 4) is 0 Å². The van der Waals surface area contributed by atoms with Gasteiger partial charge in [0.25, 0.3) is 0 Å². The summed E-state index contributed by atoms with van der Waals surface area (Å²) in [7, 11) is 0. The fraction of sp³-hybridized carbons (Fsp3) is 0.714. The Balaban J connectivity index is 1.98. The van der Waals surface area contributed by atoms with Gasteiger partial charge < -0.3 is 5.32 Å². The first-order valence-corrected chi connectivity index (χ1v) is 8.50. The quantitative estimate of drug-likeness (QED) is 0.905. The molecule has 1 fully saturated rings. The highest BCUT2D eigenvalue weighted by atomic mass is 79.9. The van der Waals surface area contributed by atoms with E-state index < -0.39 is 0 Å². The van der Waals surface area contributed by atoms with Gasteiger partial charge in [-0.25, -0.2) is 0 Å². The third-order valence-corrected chi connectivity index (χ3v) is 6.11. The molecule has 0 radical (unpaired) electrons. The number of hydrogen-bond donors (Lipinski definition) is 1. The molecule has 3 unspecified atom stereocenters. The van der Waals surface area contributed by atoms with E-state index in [1.165, 1.54) is 22.3 Å². The average molecular weight is 331 g/mol. The molecule has 3 atom stereocenters. The van der Waals surface area contributed by atoms with Crippen LogP contribution in [0.15, 0.2) is 15.9 Å². The molecule has 1 aliphatic heterocycles. The minimum Gasteiger partial charge on any atom is -0.314 e. The van der Waals surface area contributed by atoms with Gasteiger partial charge in [0.2, 0.25) is 0 Å². The maximum Gasteiger partial charge on any atom is 0.0342 e. The van der Waals surface area contributed by atoms with Gasteiger partial charge in [0.1, 0.15) is 0 Å². The van der Waals surface area contributed by atoms with Crippen LogP contribution >= 0.6 is 27.3 Å². The summed E-state index contributed by atoms with van der Waals surface area (Å²) in [6.07, 6.45) is 1.27. The third kappa shape index (κ3) is 3.16. The Labute approximate surface area is 123 Å². The van der Waals surface area contributed by atoms with Crippen LogP contribution in [0.3, 0.4) is 0 Å². The van der Waals surface area contributed by atoms with E-state index in [-0.39, 0.29) is 0 Å². The van der Waals surface area contributed by atoms with Crippen molar-refractivity contribution in [2.75, 3.05) is 13.1 Å². The SMILES string of the molecule is CCNC1CCN(Cc2sccc2Br)C(C)C1C. The number of hydrogen-bond acceptors (Lipinski definition) is 3. The second kappa shape index (κ2) is 6.51. The molecule has 0 aromatic carbocycles. The Morgan fingerprint density at radius 3 is 2.89 bits per heavy atom. The van der Waals surface area contributed by atoms with E-state index >= 15 is 0 Å². The second-order valence-corrected chi connectivity index (χ2v) is 7.07. The van der Waals surface area contributed by atoms with Crippen LogP contribution in [0.1, 0.15) is 32.1 Å². The highest BCUT2D eigenvalue weighted by molar-refractivity contribution is 9.10. The van der Waals surface area contributed by atoms with Crippen LogP contribution in [0.2, 0.25) is 0 Å². The van der Waals surface area contributed by atoms with Crippen LogP contribution in [0.25, 0.3) is 0 Å². The van der Waals surface area contributed by atoms with Crippen molar-refractivity contribution in [2.24, 2.45) is 5.92 Å². The molecule has 1 aromatic heterocycles. The van der Waals surface area contributed by atoms with Gasteiger partial charge in [0.15, 0.2) is 0 Å². The second-order valence-electron chi connectivity index (χ2n) is 5.21. The Morgan fingerprint density at radius 2 is 2.28 bits per heavy atom. The van der Waals surface area contributed by atoms with Crippen LogP contribution in [0.4, 0.5) is 0 Å². The lowest BCUT2D eigenvalue weighted by atomic mass is 9.87. The van der Waals surface area contributed by atoms with Crippen LogP contribution < -0.4 is 5.32 Å².